The molecule has 22 nitrogen and oxygen atoms in total. The Labute approximate surface area is 557 Å². The molecule has 13 aromatic rings. The van der Waals surface area contributed by atoms with Gasteiger partial charge in [0.2, 0.25) is 5.95 Å². The van der Waals surface area contributed by atoms with Crippen LogP contribution in [0.1, 0.15) is 33.6 Å². The number of nitrogens with zero attached hydrogens (tertiary/aromatic N) is 11. The van der Waals surface area contributed by atoms with Gasteiger partial charge in [0.1, 0.15) is 29.2 Å². The summed E-state index contributed by atoms with van der Waals surface area (Å²) in [6.45, 7) is 3.24. The van der Waals surface area contributed by atoms with Crippen molar-refractivity contribution in [3.63, 3.8) is 0 Å². The van der Waals surface area contributed by atoms with Crippen LogP contribution in [0.15, 0.2) is 207 Å². The number of nitriles is 1. The molecule has 96 heavy (non-hydrogen) atoms. The molecule has 15 rings (SSSR count). The molecule has 0 aliphatic carbocycles. The number of aliphatic hydroxyl groups excluding tert-OH is 1. The Bertz CT molecular complexity index is 5290. The van der Waals surface area contributed by atoms with Crippen molar-refractivity contribution in [2.45, 2.75) is 13.5 Å². The Morgan fingerprint density at radius 2 is 1.17 bits per heavy atom. The highest BCUT2D eigenvalue weighted by Gasteiger charge is 2.38. The number of benzene rings is 5. The first-order valence-electron chi connectivity index (χ1n) is 30.0. The van der Waals surface area contributed by atoms with Gasteiger partial charge in [-0.25, -0.2) is 19.9 Å². The Hall–Kier alpha value is -12.4. The Kier molecular flexibility index (Phi) is 17.8. The molecule has 472 valence electrons. The number of carbonyl (C=O) groups excluding carboxylic acids is 4. The lowest BCUT2D eigenvalue weighted by Gasteiger charge is -2.12. The topological polar surface area (TPSA) is 290 Å². The number of para-hydroxylation sites is 4. The third-order valence-corrected chi connectivity index (χ3v) is 16.3. The number of imide groups is 2. The fourth-order valence-electron chi connectivity index (χ4n) is 11.5. The molecule has 2 aliphatic rings. The van der Waals surface area contributed by atoms with Gasteiger partial charge in [-0.05, 0) is 85.8 Å². The fraction of sp³-hybridized carbons (Fsp3) is 0.0833. The summed E-state index contributed by atoms with van der Waals surface area (Å²) in [5.41, 5.74) is 11.3. The zero-order valence-corrected chi connectivity index (χ0v) is 52.6. The van der Waals surface area contributed by atoms with Crippen molar-refractivity contribution < 1.29 is 29.0 Å². The molecule has 0 fully saturated rings. The van der Waals surface area contributed by atoms with E-state index >= 15 is 0 Å². The number of amides is 4. The number of aromatic nitrogens is 11. The molecule has 10 heterocycles. The average molecular weight is 1310 g/mol. The van der Waals surface area contributed by atoms with Crippen LogP contribution in [-0.4, -0.2) is 109 Å². The number of hydrogen-bond donors (Lipinski definition) is 6. The second-order valence-corrected chi connectivity index (χ2v) is 22.6. The van der Waals surface area contributed by atoms with Gasteiger partial charge in [-0.1, -0.05) is 96.0 Å². The molecule has 0 bridgehead atoms. The molecule has 5 aromatic carbocycles. The molecular weight excluding hydrogens is 1260 g/mol. The molecule has 0 saturated carbocycles. The number of aliphatic hydroxyl groups is 1. The molecule has 0 saturated heterocycles. The third-order valence-electron chi connectivity index (χ3n) is 15.8. The first-order valence-corrected chi connectivity index (χ1v) is 30.7. The quantitative estimate of drug-likeness (QED) is 0.0387. The van der Waals surface area contributed by atoms with Gasteiger partial charge in [-0.3, -0.25) is 44.5 Å². The van der Waals surface area contributed by atoms with Crippen molar-refractivity contribution in [2.24, 2.45) is 0 Å². The fourth-order valence-corrected chi connectivity index (χ4v) is 12.0. The molecule has 0 spiro atoms. The van der Waals surface area contributed by atoms with Crippen LogP contribution >= 0.6 is 23.2 Å². The van der Waals surface area contributed by atoms with E-state index in [4.69, 9.17) is 38.2 Å². The number of nitrogens with one attached hydrogen (secondary N) is 5. The van der Waals surface area contributed by atoms with Gasteiger partial charge < -0.3 is 34.6 Å². The van der Waals surface area contributed by atoms with Gasteiger partial charge in [-0.15, -0.1) is 0 Å². The SMILES string of the molecule is COc1ccccc1C1=C(c2cn(-c3cccnc3)c3ccccc23)C(=O)NC1=O.Cc1cnc(-c2cnc(NCCNc3ccc(C#N)cn3)nc2-c2ccc(Cl)cc2Cl)[nH]1.O=C1NC(=O)C(c2nn(CCO)c3ccccc23)=C1c1cn(-c2cccnc2)c2ccccc12. The lowest BCUT2D eigenvalue weighted by molar-refractivity contribution is -0.124. The second kappa shape index (κ2) is 27.4. The summed E-state index contributed by atoms with van der Waals surface area (Å²) in [5.74, 6) is 0.520. The van der Waals surface area contributed by atoms with E-state index in [1.165, 1.54) is 6.20 Å². The molecule has 24 heteroatoms. The van der Waals surface area contributed by atoms with Gasteiger partial charge >= 0.3 is 0 Å². The summed E-state index contributed by atoms with van der Waals surface area (Å²) < 4.78 is 11.0. The van der Waals surface area contributed by atoms with E-state index in [0.717, 1.165) is 60.9 Å². The molecule has 8 aromatic heterocycles. The highest BCUT2D eigenvalue weighted by Crippen LogP contribution is 2.42. The Morgan fingerprint density at radius 3 is 1.75 bits per heavy atom. The van der Waals surface area contributed by atoms with Gasteiger partial charge in [0.25, 0.3) is 23.6 Å². The number of H-pyrrole nitrogens is 1. The lowest BCUT2D eigenvalue weighted by atomic mass is 9.95. The number of rotatable bonds is 16. The standard InChI is InChI=1S/C26H19N5O3.C24H17N3O3.C22H18Cl2N8/c32-13-12-31-21-10-4-2-8-18(21)24(29-31)23-22(25(33)28-26(23)34)19-15-30(16-6-5-11-27-14-16)20-9-3-1-7-17(19)20;1-30-20-11-5-3-9-17(20)21-22(24(29)26-23(21)28)18-14-27(15-7-6-12-25-13-15)19-10-4-2-8-16(18)19;1-13-10-29-21(31-13)17-12-30-22(32-20(17)16-4-3-15(23)8-18(16)24)27-7-6-26-19-5-2-14(9-25)11-28-19/h1-11,14-15,32H,12-13H2,(H,28,33,34);2-14H,1H3,(H,26,28,29);2-5,8,10-12H,6-7H2,1H3,(H,26,28)(H,29,31)(H,27,30,32). The number of aromatic amines is 1. The molecule has 4 amide bonds. The summed E-state index contributed by atoms with van der Waals surface area (Å²) in [6, 6.07) is 48.5. The van der Waals surface area contributed by atoms with Crippen LogP contribution in [0, 0.1) is 18.3 Å². The van der Waals surface area contributed by atoms with E-state index in [9.17, 15) is 24.3 Å². The van der Waals surface area contributed by atoms with Crippen LogP contribution < -0.4 is 26.0 Å². The molecular formula is C72H54Cl2N16O6. The van der Waals surface area contributed by atoms with E-state index in [0.29, 0.717) is 91.3 Å². The van der Waals surface area contributed by atoms with Crippen LogP contribution in [0.3, 0.4) is 0 Å². The average Bonchev–Trinajstić information content (AvgIpc) is 1.59. The molecule has 2 aliphatic heterocycles. The van der Waals surface area contributed by atoms with Crippen molar-refractivity contribution in [1.82, 2.24) is 64.4 Å². The van der Waals surface area contributed by atoms with Crippen molar-refractivity contribution >= 4 is 114 Å². The number of anilines is 2. The number of aryl methyl sites for hydroxylation is 1. The molecule has 0 unspecified atom stereocenters. The molecule has 0 atom stereocenters. The maximum Gasteiger partial charge on any atom is 0.261 e. The number of pyridine rings is 3. The first kappa shape index (κ1) is 62.4. The van der Waals surface area contributed by atoms with Crippen LogP contribution in [0.2, 0.25) is 10.0 Å². The zero-order chi connectivity index (χ0) is 66.4. The lowest BCUT2D eigenvalue weighted by Crippen LogP contribution is -2.22. The van der Waals surface area contributed by atoms with Crippen molar-refractivity contribution in [2.75, 3.05) is 37.4 Å². The third kappa shape index (κ3) is 12.4. The summed E-state index contributed by atoms with van der Waals surface area (Å²) in [7, 11) is 1.54. The smallest absolute Gasteiger partial charge is 0.261 e. The number of carbonyl (C=O) groups is 4. The predicted octanol–water partition coefficient (Wildman–Crippen LogP) is 11.5. The highest BCUT2D eigenvalue weighted by molar-refractivity contribution is 6.51. The van der Waals surface area contributed by atoms with E-state index in [2.05, 4.69) is 56.3 Å². The Morgan fingerprint density at radius 1 is 0.573 bits per heavy atom. The van der Waals surface area contributed by atoms with Gasteiger partial charge in [-0.2, -0.15) is 10.4 Å². The Balaban J connectivity index is 0.000000130. The van der Waals surface area contributed by atoms with Crippen LogP contribution in [-0.2, 0) is 25.7 Å². The van der Waals surface area contributed by atoms with E-state index < -0.39 is 23.6 Å². The van der Waals surface area contributed by atoms with Crippen LogP contribution in [0.25, 0.3) is 89.0 Å². The monoisotopic (exact) mass is 1310 g/mol. The molecule has 0 radical (unpaired) electrons. The van der Waals surface area contributed by atoms with Crippen molar-refractivity contribution in [1.29, 1.82) is 5.26 Å². The minimum Gasteiger partial charge on any atom is -0.496 e. The minimum absolute atomic E-state index is 0.0965. The van der Waals surface area contributed by atoms with E-state index in [1.54, 1.807) is 85.4 Å². The van der Waals surface area contributed by atoms with Gasteiger partial charge in [0.15, 0.2) is 0 Å². The maximum atomic E-state index is 13.1. The zero-order valence-electron chi connectivity index (χ0n) is 51.1. The van der Waals surface area contributed by atoms with E-state index in [-0.39, 0.29) is 24.3 Å². The van der Waals surface area contributed by atoms with Crippen molar-refractivity contribution in [3.05, 3.63) is 251 Å². The summed E-state index contributed by atoms with van der Waals surface area (Å²) in [5, 5.41) is 37.7. The largest absolute Gasteiger partial charge is 0.496 e. The van der Waals surface area contributed by atoms with E-state index in [1.807, 2.05) is 150 Å². The number of halogens is 2. The number of imidazole rings is 1. The summed E-state index contributed by atoms with van der Waals surface area (Å²) >= 11 is 12.5. The van der Waals surface area contributed by atoms with Crippen LogP contribution in [0.5, 0.6) is 5.75 Å². The number of hydrogen-bond acceptors (Lipinski definition) is 16. The van der Waals surface area contributed by atoms with Crippen LogP contribution in [0.4, 0.5) is 11.8 Å². The first-order chi connectivity index (χ1) is 46.9. The number of ether oxygens (including phenoxy) is 1. The number of fused-ring (bicyclic) bond motifs is 3. The summed E-state index contributed by atoms with van der Waals surface area (Å²) in [4.78, 5) is 81.3. The maximum absolute atomic E-state index is 13.1. The van der Waals surface area contributed by atoms with Crippen molar-refractivity contribution in [3.8, 4) is 45.8 Å². The minimum atomic E-state index is -0.488. The van der Waals surface area contributed by atoms with Gasteiger partial charge in [0, 0.05) is 106 Å². The number of methoxy groups -OCH3 is 1. The normalized spacial score (nSPS) is 12.8. The van der Waals surface area contributed by atoms with Gasteiger partial charge in [0.05, 0.1) is 105 Å². The second-order valence-electron chi connectivity index (χ2n) is 21.8. The molecule has 6 N–H and O–H groups in total. The highest BCUT2D eigenvalue weighted by atomic mass is 35.5. The predicted molar refractivity (Wildman–Crippen MR) is 368 cm³/mol. The summed E-state index contributed by atoms with van der Waals surface area (Å²) in [6.07, 6.45) is 15.6.